The lowest BCUT2D eigenvalue weighted by atomic mass is 10.1. The molecule has 4 heteroatoms. The van der Waals surface area contributed by atoms with Gasteiger partial charge in [-0.15, -0.1) is 0 Å². The van der Waals surface area contributed by atoms with Gasteiger partial charge in [0.1, 0.15) is 17.6 Å². The molecule has 2 rings (SSSR count). The van der Waals surface area contributed by atoms with Gasteiger partial charge in [-0.1, -0.05) is 13.8 Å². The van der Waals surface area contributed by atoms with Gasteiger partial charge in [0.2, 0.25) is 5.91 Å². The molecule has 1 amide bonds. The summed E-state index contributed by atoms with van der Waals surface area (Å²) >= 11 is 0. The molecule has 2 atom stereocenters. The van der Waals surface area contributed by atoms with Crippen LogP contribution in [0, 0.1) is 5.92 Å². The Morgan fingerprint density at radius 2 is 2.24 bits per heavy atom. The molecule has 1 aromatic carbocycles. The maximum atomic E-state index is 11.9. The van der Waals surface area contributed by atoms with Crippen LogP contribution in [0.2, 0.25) is 0 Å². The lowest BCUT2D eigenvalue weighted by Crippen LogP contribution is -2.28. The van der Waals surface area contributed by atoms with Gasteiger partial charge < -0.3 is 14.8 Å². The average molecular weight is 291 g/mol. The van der Waals surface area contributed by atoms with Gasteiger partial charge in [0.25, 0.3) is 0 Å². The lowest BCUT2D eigenvalue weighted by Gasteiger charge is -2.15. The summed E-state index contributed by atoms with van der Waals surface area (Å²) in [5.74, 6) is 1.87. The summed E-state index contributed by atoms with van der Waals surface area (Å²) in [5.41, 5.74) is 2.16. The van der Waals surface area contributed by atoms with Crippen LogP contribution < -0.4 is 14.8 Å². The molecule has 0 saturated heterocycles. The van der Waals surface area contributed by atoms with Crippen molar-refractivity contribution in [2.75, 3.05) is 6.61 Å². The second kappa shape index (κ2) is 6.83. The third kappa shape index (κ3) is 3.69. The summed E-state index contributed by atoms with van der Waals surface area (Å²) < 4.78 is 11.5. The van der Waals surface area contributed by atoms with Crippen molar-refractivity contribution in [1.29, 1.82) is 0 Å². The van der Waals surface area contributed by atoms with Gasteiger partial charge in [-0.3, -0.25) is 4.79 Å². The quantitative estimate of drug-likeness (QED) is 0.876. The number of carbonyl (C=O) groups is 1. The molecule has 1 N–H and O–H groups in total. The van der Waals surface area contributed by atoms with Gasteiger partial charge in [0, 0.05) is 30.0 Å². The lowest BCUT2D eigenvalue weighted by molar-refractivity contribution is -0.124. The van der Waals surface area contributed by atoms with E-state index in [1.807, 2.05) is 32.9 Å². The molecule has 0 fully saturated rings. The third-order valence-corrected chi connectivity index (χ3v) is 3.89. The maximum absolute atomic E-state index is 11.9. The van der Waals surface area contributed by atoms with E-state index >= 15 is 0 Å². The first-order valence-electron chi connectivity index (χ1n) is 7.78. The molecule has 1 aliphatic rings. The van der Waals surface area contributed by atoms with Gasteiger partial charge in [-0.05, 0) is 32.4 Å². The summed E-state index contributed by atoms with van der Waals surface area (Å²) in [6.45, 7) is 9.07. The number of hydrogen-bond acceptors (Lipinski definition) is 3. The van der Waals surface area contributed by atoms with Crippen molar-refractivity contribution < 1.29 is 14.3 Å². The van der Waals surface area contributed by atoms with Crippen LogP contribution in [0.25, 0.3) is 0 Å². The van der Waals surface area contributed by atoms with E-state index in [0.29, 0.717) is 13.2 Å². The van der Waals surface area contributed by atoms with Crippen molar-refractivity contribution in [2.45, 2.75) is 53.2 Å². The van der Waals surface area contributed by atoms with Crippen molar-refractivity contribution in [3.05, 3.63) is 23.3 Å². The van der Waals surface area contributed by atoms with E-state index in [2.05, 4.69) is 12.2 Å². The molecular formula is C17H25NO3. The number of ether oxygens (including phenoxy) is 2. The Kier molecular flexibility index (Phi) is 5.10. The fourth-order valence-electron chi connectivity index (χ4n) is 2.45. The molecule has 21 heavy (non-hydrogen) atoms. The van der Waals surface area contributed by atoms with E-state index in [4.69, 9.17) is 9.47 Å². The standard InChI is InChI=1S/C17H25NO3/c1-5-11(3)17(19)18-10-14-9-16-13(7-12(4)21-16)8-15(14)20-6-2/h8-9,11-12H,5-7,10H2,1-4H3,(H,18,19). The van der Waals surface area contributed by atoms with Gasteiger partial charge >= 0.3 is 0 Å². The van der Waals surface area contributed by atoms with Gasteiger partial charge in [-0.2, -0.15) is 0 Å². The van der Waals surface area contributed by atoms with E-state index in [1.165, 1.54) is 5.56 Å². The van der Waals surface area contributed by atoms with Crippen LogP contribution in [0.15, 0.2) is 12.1 Å². The molecule has 0 bridgehead atoms. The van der Waals surface area contributed by atoms with Gasteiger partial charge in [-0.25, -0.2) is 0 Å². The predicted octanol–water partition coefficient (Wildman–Crippen LogP) is 3.07. The SMILES string of the molecule is CCOc1cc2c(cc1CNC(=O)C(C)CC)OC(C)C2. The zero-order valence-electron chi connectivity index (χ0n) is 13.4. The third-order valence-electron chi connectivity index (χ3n) is 3.89. The summed E-state index contributed by atoms with van der Waals surface area (Å²) in [5, 5.41) is 2.98. The Labute approximate surface area is 126 Å². The summed E-state index contributed by atoms with van der Waals surface area (Å²) in [6, 6.07) is 4.05. The highest BCUT2D eigenvalue weighted by atomic mass is 16.5. The molecule has 0 aliphatic carbocycles. The van der Waals surface area contributed by atoms with Gasteiger partial charge in [0.15, 0.2) is 0 Å². The molecule has 1 aliphatic heterocycles. The first-order valence-corrected chi connectivity index (χ1v) is 7.78. The summed E-state index contributed by atoms with van der Waals surface area (Å²) in [4.78, 5) is 11.9. The monoisotopic (exact) mass is 291 g/mol. The smallest absolute Gasteiger partial charge is 0.223 e. The Morgan fingerprint density at radius 1 is 1.48 bits per heavy atom. The molecule has 1 aromatic rings. The molecule has 116 valence electrons. The topological polar surface area (TPSA) is 47.6 Å². The van der Waals surface area contributed by atoms with E-state index < -0.39 is 0 Å². The predicted molar refractivity (Wildman–Crippen MR) is 82.7 cm³/mol. The Hall–Kier alpha value is -1.71. The van der Waals surface area contributed by atoms with Crippen LogP contribution in [-0.4, -0.2) is 18.6 Å². The van der Waals surface area contributed by atoms with Crippen LogP contribution in [0.5, 0.6) is 11.5 Å². The van der Waals surface area contributed by atoms with Crippen molar-refractivity contribution >= 4 is 5.91 Å². The minimum Gasteiger partial charge on any atom is -0.494 e. The first kappa shape index (κ1) is 15.7. The normalized spacial score (nSPS) is 17.8. The molecule has 1 heterocycles. The Bertz CT molecular complexity index is 513. The highest BCUT2D eigenvalue weighted by Gasteiger charge is 2.22. The maximum Gasteiger partial charge on any atom is 0.223 e. The number of hydrogen-bond donors (Lipinski definition) is 1. The fraction of sp³-hybridized carbons (Fsp3) is 0.588. The molecule has 0 spiro atoms. The second-order valence-electron chi connectivity index (χ2n) is 5.66. The molecular weight excluding hydrogens is 266 g/mol. The van der Waals surface area contributed by atoms with E-state index in [9.17, 15) is 4.79 Å². The number of amides is 1. The largest absolute Gasteiger partial charge is 0.494 e. The van der Waals surface area contributed by atoms with Crippen molar-refractivity contribution in [1.82, 2.24) is 5.32 Å². The van der Waals surface area contributed by atoms with Crippen molar-refractivity contribution in [2.24, 2.45) is 5.92 Å². The van der Waals surface area contributed by atoms with Gasteiger partial charge in [0.05, 0.1) is 6.61 Å². The number of benzene rings is 1. The minimum atomic E-state index is 0.0336. The highest BCUT2D eigenvalue weighted by molar-refractivity contribution is 5.78. The number of fused-ring (bicyclic) bond motifs is 1. The van der Waals surface area contributed by atoms with Crippen LogP contribution in [0.3, 0.4) is 0 Å². The van der Waals surface area contributed by atoms with Crippen LogP contribution in [0.4, 0.5) is 0 Å². The average Bonchev–Trinajstić information content (AvgIpc) is 2.82. The second-order valence-corrected chi connectivity index (χ2v) is 5.66. The highest BCUT2D eigenvalue weighted by Crippen LogP contribution is 2.35. The van der Waals surface area contributed by atoms with Crippen molar-refractivity contribution in [3.63, 3.8) is 0 Å². The molecule has 2 unspecified atom stereocenters. The molecule has 0 radical (unpaired) electrons. The first-order chi connectivity index (χ1) is 10.0. The Balaban J connectivity index is 2.14. The van der Waals surface area contributed by atoms with E-state index in [1.54, 1.807) is 0 Å². The number of carbonyl (C=O) groups excluding carboxylic acids is 1. The summed E-state index contributed by atoms with van der Waals surface area (Å²) in [6.07, 6.45) is 1.96. The zero-order valence-corrected chi connectivity index (χ0v) is 13.4. The molecule has 0 saturated carbocycles. The number of nitrogens with one attached hydrogen (secondary N) is 1. The van der Waals surface area contributed by atoms with E-state index in [0.717, 1.165) is 29.9 Å². The fourth-order valence-corrected chi connectivity index (χ4v) is 2.45. The molecule has 0 aromatic heterocycles. The zero-order chi connectivity index (χ0) is 15.4. The van der Waals surface area contributed by atoms with Crippen LogP contribution in [0.1, 0.15) is 45.2 Å². The Morgan fingerprint density at radius 3 is 2.90 bits per heavy atom. The molecule has 4 nitrogen and oxygen atoms in total. The minimum absolute atomic E-state index is 0.0336. The van der Waals surface area contributed by atoms with Crippen LogP contribution in [-0.2, 0) is 17.8 Å². The summed E-state index contributed by atoms with van der Waals surface area (Å²) in [7, 11) is 0. The van der Waals surface area contributed by atoms with Crippen molar-refractivity contribution in [3.8, 4) is 11.5 Å². The van der Waals surface area contributed by atoms with E-state index in [-0.39, 0.29) is 17.9 Å². The number of rotatable bonds is 6. The van der Waals surface area contributed by atoms with Crippen LogP contribution >= 0.6 is 0 Å².